The topological polar surface area (TPSA) is 142 Å². The SMILES string of the molecule is CCNc1nnc(-c2cnc(N3C[C@H](CC)N(C4CCN(C(=O)c5ccc(Cl)nc5N)CC4)C[C@H]3C)c(C(F)(F)F)n2)o1. The van der Waals surface area contributed by atoms with Crippen molar-refractivity contribution in [3.63, 3.8) is 0 Å². The van der Waals surface area contributed by atoms with Gasteiger partial charge >= 0.3 is 12.2 Å². The maximum Gasteiger partial charge on any atom is 0.437 e. The molecule has 2 atom stereocenters. The molecule has 12 nitrogen and oxygen atoms in total. The fourth-order valence-electron chi connectivity index (χ4n) is 5.81. The Morgan fingerprint density at radius 1 is 1.16 bits per heavy atom. The number of halogens is 4. The molecule has 2 aliphatic rings. The molecule has 0 saturated carbocycles. The zero-order valence-corrected chi connectivity index (χ0v) is 24.9. The molecule has 0 bridgehead atoms. The molecule has 5 rings (SSSR count). The van der Waals surface area contributed by atoms with Crippen molar-refractivity contribution in [1.82, 2.24) is 34.9 Å². The summed E-state index contributed by atoms with van der Waals surface area (Å²) in [6, 6.07) is 3.11. The van der Waals surface area contributed by atoms with Crippen molar-refractivity contribution in [1.29, 1.82) is 0 Å². The number of rotatable bonds is 7. The second-order valence-electron chi connectivity index (χ2n) is 10.7. The molecule has 0 spiro atoms. The molecular formula is C27H34ClF3N10O2. The van der Waals surface area contributed by atoms with Crippen molar-refractivity contribution in [3.8, 4) is 11.6 Å². The number of nitrogens with two attached hydrogens (primary N) is 1. The van der Waals surface area contributed by atoms with E-state index in [0.717, 1.165) is 19.3 Å². The van der Waals surface area contributed by atoms with Gasteiger partial charge in [0.1, 0.15) is 16.7 Å². The van der Waals surface area contributed by atoms with E-state index in [9.17, 15) is 18.0 Å². The third-order valence-electron chi connectivity index (χ3n) is 7.96. The van der Waals surface area contributed by atoms with Crippen LogP contribution in [0.3, 0.4) is 0 Å². The van der Waals surface area contributed by atoms with E-state index in [1.807, 2.05) is 20.8 Å². The number of hydrogen-bond acceptors (Lipinski definition) is 11. The molecular weight excluding hydrogens is 589 g/mol. The number of hydrogen-bond donors (Lipinski definition) is 2. The number of alkyl halides is 3. The largest absolute Gasteiger partial charge is 0.437 e. The minimum Gasteiger partial charge on any atom is -0.402 e. The number of nitrogens with zero attached hydrogens (tertiary/aromatic N) is 8. The highest BCUT2D eigenvalue weighted by molar-refractivity contribution is 6.29. The number of amides is 1. The third-order valence-corrected chi connectivity index (χ3v) is 8.17. The monoisotopic (exact) mass is 622 g/mol. The highest BCUT2D eigenvalue weighted by atomic mass is 35.5. The van der Waals surface area contributed by atoms with Gasteiger partial charge in [0.05, 0.1) is 11.8 Å². The molecule has 2 fully saturated rings. The predicted octanol–water partition coefficient (Wildman–Crippen LogP) is 4.20. The lowest BCUT2D eigenvalue weighted by molar-refractivity contribution is -0.140. The Morgan fingerprint density at radius 2 is 1.91 bits per heavy atom. The first-order valence-electron chi connectivity index (χ1n) is 14.3. The van der Waals surface area contributed by atoms with Gasteiger partial charge in [0.2, 0.25) is 0 Å². The standard InChI is InChI=1S/C27H34ClF3N10O2/c1-4-16-14-40(23-21(27(29,30)31)35-19(12-34-23)24-37-38-26(43-24)33-5-2)15(3)13-41(16)17-8-10-39(11-9-17)25(42)18-6-7-20(28)36-22(18)32/h6-7,12,15-17H,4-5,8-11,13-14H2,1-3H3,(H2,32,36)(H,33,38)/t15-,16+/m1/s1. The van der Waals surface area contributed by atoms with Crippen LogP contribution in [0.25, 0.3) is 11.6 Å². The van der Waals surface area contributed by atoms with Gasteiger partial charge in [-0.05, 0) is 45.2 Å². The summed E-state index contributed by atoms with van der Waals surface area (Å²) in [5.41, 5.74) is 5.00. The number of piperazine rings is 1. The fraction of sp³-hybridized carbons (Fsp3) is 0.556. The van der Waals surface area contributed by atoms with Crippen LogP contribution in [-0.2, 0) is 6.18 Å². The van der Waals surface area contributed by atoms with Crippen LogP contribution in [-0.4, -0.2) is 91.7 Å². The number of aromatic nitrogens is 5. The molecule has 0 unspecified atom stereocenters. The zero-order valence-electron chi connectivity index (χ0n) is 24.1. The Morgan fingerprint density at radius 3 is 2.56 bits per heavy atom. The number of likely N-dealkylation sites (tertiary alicyclic amines) is 1. The molecule has 43 heavy (non-hydrogen) atoms. The molecule has 2 saturated heterocycles. The lowest BCUT2D eigenvalue weighted by Crippen LogP contribution is -2.62. The number of nitrogens with one attached hydrogen (secondary N) is 1. The summed E-state index contributed by atoms with van der Waals surface area (Å²) < 4.78 is 48.3. The van der Waals surface area contributed by atoms with Crippen molar-refractivity contribution in [3.05, 3.63) is 34.7 Å². The third kappa shape index (κ3) is 6.47. The van der Waals surface area contributed by atoms with Gasteiger partial charge in [-0.1, -0.05) is 23.6 Å². The molecule has 3 aromatic heterocycles. The van der Waals surface area contributed by atoms with Crippen molar-refractivity contribution in [2.45, 2.75) is 64.3 Å². The molecule has 1 amide bonds. The first-order valence-corrected chi connectivity index (χ1v) is 14.6. The van der Waals surface area contributed by atoms with E-state index in [1.165, 1.54) is 6.20 Å². The van der Waals surface area contributed by atoms with Gasteiger partial charge in [-0.15, -0.1) is 5.10 Å². The first kappa shape index (κ1) is 30.7. The molecule has 2 aliphatic heterocycles. The number of anilines is 3. The van der Waals surface area contributed by atoms with Crippen molar-refractivity contribution in [2.75, 3.05) is 48.7 Å². The van der Waals surface area contributed by atoms with E-state index in [0.29, 0.717) is 38.3 Å². The van der Waals surface area contributed by atoms with E-state index in [1.54, 1.807) is 21.9 Å². The van der Waals surface area contributed by atoms with Crippen LogP contribution in [0.5, 0.6) is 0 Å². The van der Waals surface area contributed by atoms with E-state index in [-0.39, 0.29) is 58.4 Å². The van der Waals surface area contributed by atoms with Gasteiger partial charge < -0.3 is 25.3 Å². The lowest BCUT2D eigenvalue weighted by Gasteiger charge is -2.50. The smallest absolute Gasteiger partial charge is 0.402 e. The van der Waals surface area contributed by atoms with Crippen LogP contribution < -0.4 is 16.0 Å². The summed E-state index contributed by atoms with van der Waals surface area (Å²) in [7, 11) is 0. The second kappa shape index (κ2) is 12.5. The van der Waals surface area contributed by atoms with E-state index in [2.05, 4.69) is 35.4 Å². The zero-order chi connectivity index (χ0) is 30.9. The summed E-state index contributed by atoms with van der Waals surface area (Å²) in [5, 5.41) is 10.6. The van der Waals surface area contributed by atoms with E-state index >= 15 is 0 Å². The Hall–Kier alpha value is -3.72. The van der Waals surface area contributed by atoms with Gasteiger partial charge in [-0.3, -0.25) is 9.69 Å². The van der Waals surface area contributed by atoms with Crippen molar-refractivity contribution in [2.24, 2.45) is 0 Å². The highest BCUT2D eigenvalue weighted by Gasteiger charge is 2.43. The van der Waals surface area contributed by atoms with Crippen LogP contribution in [0, 0.1) is 0 Å². The van der Waals surface area contributed by atoms with Crippen LogP contribution in [0.1, 0.15) is 56.1 Å². The van der Waals surface area contributed by atoms with Gasteiger partial charge in [0.15, 0.2) is 11.5 Å². The van der Waals surface area contributed by atoms with Gasteiger partial charge in [0.25, 0.3) is 11.8 Å². The molecule has 3 N–H and O–H groups in total. The highest BCUT2D eigenvalue weighted by Crippen LogP contribution is 2.38. The Kier molecular flexibility index (Phi) is 8.92. The summed E-state index contributed by atoms with van der Waals surface area (Å²) in [5.74, 6) is -0.460. The summed E-state index contributed by atoms with van der Waals surface area (Å²) in [6.07, 6.45) is -1.31. The maximum absolute atomic E-state index is 14.3. The molecule has 3 aromatic rings. The second-order valence-corrected chi connectivity index (χ2v) is 11.1. The average molecular weight is 623 g/mol. The summed E-state index contributed by atoms with van der Waals surface area (Å²) in [4.78, 5) is 31.0. The molecule has 0 aromatic carbocycles. The van der Waals surface area contributed by atoms with Crippen LogP contribution in [0.15, 0.2) is 22.7 Å². The Bertz CT molecular complexity index is 1450. The summed E-state index contributed by atoms with van der Waals surface area (Å²) in [6.45, 7) is 8.22. The van der Waals surface area contributed by atoms with Crippen LogP contribution in [0.2, 0.25) is 5.15 Å². The van der Waals surface area contributed by atoms with Gasteiger partial charge in [0, 0.05) is 50.8 Å². The van der Waals surface area contributed by atoms with Crippen LogP contribution in [0.4, 0.5) is 30.8 Å². The van der Waals surface area contributed by atoms with Crippen molar-refractivity contribution >= 4 is 35.2 Å². The molecule has 0 radical (unpaired) electrons. The molecule has 16 heteroatoms. The minimum absolute atomic E-state index is 0.0132. The number of carbonyl (C=O) groups excluding carboxylic acids is 1. The number of piperidine rings is 1. The number of nitrogen functional groups attached to an aromatic ring is 1. The predicted molar refractivity (Wildman–Crippen MR) is 155 cm³/mol. The maximum atomic E-state index is 14.3. The molecule has 5 heterocycles. The van der Waals surface area contributed by atoms with E-state index < -0.39 is 11.9 Å². The first-order chi connectivity index (χ1) is 20.5. The Balaban J connectivity index is 1.30. The fourth-order valence-corrected chi connectivity index (χ4v) is 5.96. The van der Waals surface area contributed by atoms with Gasteiger partial charge in [-0.25, -0.2) is 15.0 Å². The number of carbonyl (C=O) groups is 1. The molecule has 232 valence electrons. The quantitative estimate of drug-likeness (QED) is 0.366. The Labute approximate surface area is 251 Å². The van der Waals surface area contributed by atoms with Gasteiger partial charge in [-0.2, -0.15) is 13.2 Å². The van der Waals surface area contributed by atoms with Crippen molar-refractivity contribution < 1.29 is 22.4 Å². The van der Waals surface area contributed by atoms with E-state index in [4.69, 9.17) is 21.8 Å². The number of pyridine rings is 1. The lowest BCUT2D eigenvalue weighted by atomic mass is 9.96. The average Bonchev–Trinajstić information content (AvgIpc) is 3.45. The molecule has 0 aliphatic carbocycles. The summed E-state index contributed by atoms with van der Waals surface area (Å²) >= 11 is 5.88. The minimum atomic E-state index is -4.75. The van der Waals surface area contributed by atoms with Crippen LogP contribution >= 0.6 is 11.6 Å². The normalized spacial score (nSPS) is 20.4.